The van der Waals surface area contributed by atoms with E-state index in [-0.39, 0.29) is 5.91 Å². The van der Waals surface area contributed by atoms with Crippen molar-refractivity contribution in [2.45, 2.75) is 19.9 Å². The van der Waals surface area contributed by atoms with E-state index in [2.05, 4.69) is 10.3 Å². The second-order valence-electron chi connectivity index (χ2n) is 5.08. The van der Waals surface area contributed by atoms with E-state index in [1.165, 1.54) is 0 Å². The monoisotopic (exact) mass is 280 g/mol. The number of rotatable bonds is 4. The summed E-state index contributed by atoms with van der Waals surface area (Å²) in [4.78, 5) is 16.0. The maximum absolute atomic E-state index is 12.0. The normalized spacial score (nSPS) is 10.7. The molecule has 2 aromatic heterocycles. The van der Waals surface area contributed by atoms with Gasteiger partial charge in [-0.2, -0.15) is 0 Å². The number of carbonyl (C=O) groups is 1. The highest BCUT2D eigenvalue weighted by molar-refractivity contribution is 5.87. The van der Waals surface area contributed by atoms with Gasteiger partial charge in [0.25, 0.3) is 0 Å². The van der Waals surface area contributed by atoms with Crippen molar-refractivity contribution in [1.82, 2.24) is 10.3 Å². The van der Waals surface area contributed by atoms with Gasteiger partial charge < -0.3 is 9.73 Å². The lowest BCUT2D eigenvalue weighted by Crippen LogP contribution is -2.24. The highest BCUT2D eigenvalue weighted by atomic mass is 16.3. The molecule has 1 amide bonds. The van der Waals surface area contributed by atoms with Gasteiger partial charge in [0.1, 0.15) is 5.58 Å². The van der Waals surface area contributed by atoms with E-state index in [4.69, 9.17) is 4.42 Å². The van der Waals surface area contributed by atoms with Crippen LogP contribution in [0.2, 0.25) is 0 Å². The van der Waals surface area contributed by atoms with Crippen LogP contribution in [0.25, 0.3) is 11.0 Å². The van der Waals surface area contributed by atoms with Crippen molar-refractivity contribution >= 4 is 16.9 Å². The number of carbonyl (C=O) groups excluding carboxylic acids is 1. The molecule has 0 radical (unpaired) electrons. The number of nitrogens with zero attached hydrogens (tertiary/aromatic N) is 1. The Morgan fingerprint density at radius 1 is 1.33 bits per heavy atom. The van der Waals surface area contributed by atoms with Crippen LogP contribution in [0.1, 0.15) is 16.7 Å². The lowest BCUT2D eigenvalue weighted by molar-refractivity contribution is -0.120. The van der Waals surface area contributed by atoms with Crippen molar-refractivity contribution in [3.05, 3.63) is 65.7 Å². The van der Waals surface area contributed by atoms with Crippen LogP contribution >= 0.6 is 0 Å². The Kier molecular flexibility index (Phi) is 3.69. The zero-order valence-corrected chi connectivity index (χ0v) is 11.8. The molecule has 106 valence electrons. The molecule has 21 heavy (non-hydrogen) atoms. The SMILES string of the molecule is Cc1ccc2c(CC(=O)NCc3cccnc3)coc2c1. The van der Waals surface area contributed by atoms with E-state index < -0.39 is 0 Å². The zero-order valence-electron chi connectivity index (χ0n) is 11.8. The van der Waals surface area contributed by atoms with Crippen molar-refractivity contribution in [2.24, 2.45) is 0 Å². The molecule has 0 atom stereocenters. The summed E-state index contributed by atoms with van der Waals surface area (Å²) in [6.45, 7) is 2.50. The molecule has 0 unspecified atom stereocenters. The minimum atomic E-state index is -0.0258. The molecule has 2 heterocycles. The molecule has 0 saturated carbocycles. The lowest BCUT2D eigenvalue weighted by Gasteiger charge is -2.04. The number of fused-ring (bicyclic) bond motifs is 1. The predicted octanol–water partition coefficient (Wildman–Crippen LogP) is 3.00. The van der Waals surface area contributed by atoms with Gasteiger partial charge in [0.15, 0.2) is 0 Å². The fourth-order valence-electron chi connectivity index (χ4n) is 2.27. The van der Waals surface area contributed by atoms with Crippen molar-refractivity contribution < 1.29 is 9.21 Å². The van der Waals surface area contributed by atoms with E-state index in [0.29, 0.717) is 13.0 Å². The number of pyridine rings is 1. The predicted molar refractivity (Wildman–Crippen MR) is 80.7 cm³/mol. The van der Waals surface area contributed by atoms with Crippen molar-refractivity contribution in [3.63, 3.8) is 0 Å². The van der Waals surface area contributed by atoms with Crippen molar-refractivity contribution in [3.8, 4) is 0 Å². The average molecular weight is 280 g/mol. The summed E-state index contributed by atoms with van der Waals surface area (Å²) in [5.74, 6) is -0.0258. The number of amides is 1. The molecule has 0 saturated heterocycles. The first-order valence-electron chi connectivity index (χ1n) is 6.85. The van der Waals surface area contributed by atoms with Gasteiger partial charge in [-0.1, -0.05) is 18.2 Å². The van der Waals surface area contributed by atoms with E-state index >= 15 is 0 Å². The molecule has 0 spiro atoms. The zero-order chi connectivity index (χ0) is 14.7. The molecular weight excluding hydrogens is 264 g/mol. The van der Waals surface area contributed by atoms with Gasteiger partial charge in [-0.15, -0.1) is 0 Å². The van der Waals surface area contributed by atoms with Crippen molar-refractivity contribution in [2.75, 3.05) is 0 Å². The van der Waals surface area contributed by atoms with Crippen LogP contribution in [0.4, 0.5) is 0 Å². The van der Waals surface area contributed by atoms with Crippen LogP contribution in [0, 0.1) is 6.92 Å². The number of hydrogen-bond donors (Lipinski definition) is 1. The van der Waals surface area contributed by atoms with Crippen LogP contribution in [0.3, 0.4) is 0 Å². The first-order chi connectivity index (χ1) is 10.2. The summed E-state index contributed by atoms with van der Waals surface area (Å²) in [5.41, 5.74) is 3.86. The van der Waals surface area contributed by atoms with E-state index in [9.17, 15) is 4.79 Å². The Bertz CT molecular complexity index is 763. The van der Waals surface area contributed by atoms with Gasteiger partial charge in [0.05, 0.1) is 12.7 Å². The Balaban J connectivity index is 1.66. The molecule has 3 aromatic rings. The van der Waals surface area contributed by atoms with Gasteiger partial charge in [-0.05, 0) is 30.2 Å². The number of aromatic nitrogens is 1. The maximum Gasteiger partial charge on any atom is 0.224 e. The minimum absolute atomic E-state index is 0.0258. The summed E-state index contributed by atoms with van der Waals surface area (Å²) in [5, 5.41) is 3.89. The van der Waals surface area contributed by atoms with Gasteiger partial charge in [-0.3, -0.25) is 9.78 Å². The Morgan fingerprint density at radius 3 is 3.05 bits per heavy atom. The van der Waals surface area contributed by atoms with Crippen LogP contribution in [0.15, 0.2) is 53.4 Å². The molecule has 1 N–H and O–H groups in total. The molecule has 0 aliphatic carbocycles. The lowest BCUT2D eigenvalue weighted by atomic mass is 10.1. The fourth-order valence-corrected chi connectivity index (χ4v) is 2.27. The second-order valence-corrected chi connectivity index (χ2v) is 5.08. The first-order valence-corrected chi connectivity index (χ1v) is 6.85. The maximum atomic E-state index is 12.0. The molecule has 0 aliphatic rings. The van der Waals surface area contributed by atoms with E-state index in [0.717, 1.165) is 27.7 Å². The number of hydrogen-bond acceptors (Lipinski definition) is 3. The number of benzene rings is 1. The number of aryl methyl sites for hydroxylation is 1. The topological polar surface area (TPSA) is 55.1 Å². The van der Waals surface area contributed by atoms with Crippen LogP contribution in [0.5, 0.6) is 0 Å². The molecule has 0 bridgehead atoms. The van der Waals surface area contributed by atoms with Gasteiger partial charge in [0, 0.05) is 29.9 Å². The van der Waals surface area contributed by atoms with Crippen LogP contribution < -0.4 is 5.32 Å². The highest BCUT2D eigenvalue weighted by Gasteiger charge is 2.10. The Labute approximate surface area is 122 Å². The van der Waals surface area contributed by atoms with Crippen LogP contribution in [-0.4, -0.2) is 10.9 Å². The Morgan fingerprint density at radius 2 is 2.24 bits per heavy atom. The molecule has 0 fully saturated rings. The van der Waals surface area contributed by atoms with Gasteiger partial charge in [-0.25, -0.2) is 0 Å². The summed E-state index contributed by atoms with van der Waals surface area (Å²) >= 11 is 0. The summed E-state index contributed by atoms with van der Waals surface area (Å²) in [6.07, 6.45) is 5.44. The van der Waals surface area contributed by atoms with Gasteiger partial charge in [0.2, 0.25) is 5.91 Å². The average Bonchev–Trinajstić information content (AvgIpc) is 2.88. The minimum Gasteiger partial charge on any atom is -0.464 e. The molecule has 1 aromatic carbocycles. The highest BCUT2D eigenvalue weighted by Crippen LogP contribution is 2.22. The van der Waals surface area contributed by atoms with Crippen molar-refractivity contribution in [1.29, 1.82) is 0 Å². The third-order valence-electron chi connectivity index (χ3n) is 3.37. The number of furan rings is 1. The third kappa shape index (κ3) is 3.11. The molecule has 4 heteroatoms. The summed E-state index contributed by atoms with van der Waals surface area (Å²) in [7, 11) is 0. The number of nitrogens with one attached hydrogen (secondary N) is 1. The molecule has 4 nitrogen and oxygen atoms in total. The van der Waals surface area contributed by atoms with E-state index in [1.807, 2.05) is 37.3 Å². The molecule has 0 aliphatic heterocycles. The molecular formula is C17H16N2O2. The summed E-state index contributed by atoms with van der Waals surface area (Å²) in [6, 6.07) is 9.79. The van der Waals surface area contributed by atoms with E-state index in [1.54, 1.807) is 18.7 Å². The largest absolute Gasteiger partial charge is 0.464 e. The van der Waals surface area contributed by atoms with Crippen LogP contribution in [-0.2, 0) is 17.8 Å². The smallest absolute Gasteiger partial charge is 0.224 e. The molecule has 3 rings (SSSR count). The fraction of sp³-hybridized carbons (Fsp3) is 0.176. The second kappa shape index (κ2) is 5.79. The summed E-state index contributed by atoms with van der Waals surface area (Å²) < 4.78 is 5.50. The Hall–Kier alpha value is -2.62. The van der Waals surface area contributed by atoms with Gasteiger partial charge >= 0.3 is 0 Å². The third-order valence-corrected chi connectivity index (χ3v) is 3.37. The standard InChI is InChI=1S/C17H16N2O2/c1-12-4-5-15-14(11-21-16(15)7-12)8-17(20)19-10-13-3-2-6-18-9-13/h2-7,9,11H,8,10H2,1H3,(H,19,20). The first kappa shape index (κ1) is 13.4. The quantitative estimate of drug-likeness (QED) is 0.799.